The van der Waals surface area contributed by atoms with E-state index in [4.69, 9.17) is 9.73 Å². The highest BCUT2D eigenvalue weighted by Gasteiger charge is 2.23. The van der Waals surface area contributed by atoms with Gasteiger partial charge >= 0.3 is 0 Å². The molecule has 2 saturated heterocycles. The number of halogens is 1. The Morgan fingerprint density at radius 2 is 2.03 bits per heavy atom. The van der Waals surface area contributed by atoms with Crippen LogP contribution in [0.15, 0.2) is 29.3 Å². The lowest BCUT2D eigenvalue weighted by Gasteiger charge is -2.24. The minimum atomic E-state index is -0.383. The molecule has 8 nitrogen and oxygen atoms in total. The van der Waals surface area contributed by atoms with E-state index in [-0.39, 0.29) is 34.6 Å². The Balaban J connectivity index is 0.00000300. The molecule has 0 aliphatic carbocycles. The Morgan fingerprint density at radius 3 is 2.69 bits per heavy atom. The summed E-state index contributed by atoms with van der Waals surface area (Å²) in [6.45, 7) is 8.29. The SMILES string of the molecule is CCN1CCCC1CNC(=NCc1ccc([N+](=O)[O-])cc1)NCC1CCOC1.I. The van der Waals surface area contributed by atoms with Crippen LogP contribution < -0.4 is 10.6 Å². The van der Waals surface area contributed by atoms with Crippen LogP contribution in [0.3, 0.4) is 0 Å². The highest BCUT2D eigenvalue weighted by molar-refractivity contribution is 14.0. The van der Waals surface area contributed by atoms with Crippen LogP contribution in [0.4, 0.5) is 5.69 Å². The average Bonchev–Trinajstić information content (AvgIpc) is 3.39. The van der Waals surface area contributed by atoms with E-state index in [0.29, 0.717) is 18.5 Å². The molecule has 0 aromatic heterocycles. The van der Waals surface area contributed by atoms with Gasteiger partial charge in [0.15, 0.2) is 5.96 Å². The molecule has 2 heterocycles. The van der Waals surface area contributed by atoms with Gasteiger partial charge in [-0.25, -0.2) is 4.99 Å². The highest BCUT2D eigenvalue weighted by Crippen LogP contribution is 2.16. The average molecular weight is 517 g/mol. The number of nitro benzene ring substituents is 1. The first-order valence-electron chi connectivity index (χ1n) is 10.2. The first-order valence-corrected chi connectivity index (χ1v) is 10.2. The molecule has 9 heteroatoms. The number of nitrogens with zero attached hydrogens (tertiary/aromatic N) is 3. The van der Waals surface area contributed by atoms with E-state index >= 15 is 0 Å². The van der Waals surface area contributed by atoms with Crippen LogP contribution in [0, 0.1) is 16.0 Å². The third-order valence-electron chi connectivity index (χ3n) is 5.56. The minimum absolute atomic E-state index is 0. The molecule has 3 rings (SSSR count). The van der Waals surface area contributed by atoms with Gasteiger partial charge in [-0.3, -0.25) is 15.0 Å². The van der Waals surface area contributed by atoms with E-state index in [1.54, 1.807) is 12.1 Å². The molecule has 29 heavy (non-hydrogen) atoms. The molecule has 0 saturated carbocycles. The lowest BCUT2D eigenvalue weighted by atomic mass is 10.1. The summed E-state index contributed by atoms with van der Waals surface area (Å²) in [5, 5.41) is 17.7. The predicted molar refractivity (Wildman–Crippen MR) is 125 cm³/mol. The Bertz CT molecular complexity index is 665. The molecule has 2 aliphatic rings. The predicted octanol–water partition coefficient (Wildman–Crippen LogP) is 2.77. The fraction of sp³-hybridized carbons (Fsp3) is 0.650. The second kappa shape index (κ2) is 12.3. The van der Waals surface area contributed by atoms with Crippen LogP contribution in [-0.4, -0.2) is 61.2 Å². The van der Waals surface area contributed by atoms with Crippen LogP contribution >= 0.6 is 24.0 Å². The largest absolute Gasteiger partial charge is 0.381 e. The van der Waals surface area contributed by atoms with Gasteiger partial charge in [-0.2, -0.15) is 0 Å². The van der Waals surface area contributed by atoms with Gasteiger partial charge in [0.1, 0.15) is 0 Å². The summed E-state index contributed by atoms with van der Waals surface area (Å²) in [5.74, 6) is 1.32. The number of hydrogen-bond donors (Lipinski definition) is 2. The van der Waals surface area contributed by atoms with Gasteiger partial charge in [0.25, 0.3) is 5.69 Å². The van der Waals surface area contributed by atoms with Crippen LogP contribution in [-0.2, 0) is 11.3 Å². The van der Waals surface area contributed by atoms with E-state index in [1.807, 2.05) is 0 Å². The molecular formula is C20H32IN5O3. The fourth-order valence-corrected chi connectivity index (χ4v) is 3.81. The van der Waals surface area contributed by atoms with Crippen molar-refractivity contribution in [3.8, 4) is 0 Å². The van der Waals surface area contributed by atoms with Crippen molar-refractivity contribution in [2.24, 2.45) is 10.9 Å². The number of rotatable bonds is 8. The number of guanidine groups is 1. The van der Waals surface area contributed by atoms with E-state index in [2.05, 4.69) is 22.5 Å². The van der Waals surface area contributed by atoms with Gasteiger partial charge in [-0.15, -0.1) is 24.0 Å². The summed E-state index contributed by atoms with van der Waals surface area (Å²) >= 11 is 0. The third-order valence-corrected chi connectivity index (χ3v) is 5.56. The topological polar surface area (TPSA) is 92.0 Å². The number of aliphatic imine (C=N–C) groups is 1. The van der Waals surface area contributed by atoms with Gasteiger partial charge in [0.05, 0.1) is 18.1 Å². The summed E-state index contributed by atoms with van der Waals surface area (Å²) in [5.41, 5.74) is 1.05. The van der Waals surface area contributed by atoms with Crippen molar-refractivity contribution in [1.29, 1.82) is 0 Å². The van der Waals surface area contributed by atoms with Gasteiger partial charge in [-0.05, 0) is 37.9 Å². The zero-order chi connectivity index (χ0) is 19.8. The third kappa shape index (κ3) is 7.38. The number of nitro groups is 1. The molecule has 2 fully saturated rings. The van der Waals surface area contributed by atoms with Crippen molar-refractivity contribution in [3.63, 3.8) is 0 Å². The summed E-state index contributed by atoms with van der Waals surface area (Å²) in [4.78, 5) is 17.6. The molecule has 2 N–H and O–H groups in total. The quantitative estimate of drug-likeness (QED) is 0.181. The van der Waals surface area contributed by atoms with E-state index in [0.717, 1.165) is 50.8 Å². The lowest BCUT2D eigenvalue weighted by molar-refractivity contribution is -0.384. The van der Waals surface area contributed by atoms with Crippen LogP contribution in [0.1, 0.15) is 31.7 Å². The highest BCUT2D eigenvalue weighted by atomic mass is 127. The first kappa shape index (κ1) is 23.8. The van der Waals surface area contributed by atoms with Crippen LogP contribution in [0.25, 0.3) is 0 Å². The monoisotopic (exact) mass is 517 g/mol. The molecule has 162 valence electrons. The van der Waals surface area contributed by atoms with Crippen molar-refractivity contribution in [3.05, 3.63) is 39.9 Å². The maximum absolute atomic E-state index is 10.8. The lowest BCUT2D eigenvalue weighted by Crippen LogP contribution is -2.46. The maximum atomic E-state index is 10.8. The van der Waals surface area contributed by atoms with Gasteiger partial charge in [-0.1, -0.05) is 19.1 Å². The van der Waals surface area contributed by atoms with Crippen LogP contribution in [0.5, 0.6) is 0 Å². The molecule has 0 amide bonds. The van der Waals surface area contributed by atoms with Gasteiger partial charge < -0.3 is 15.4 Å². The molecule has 2 unspecified atom stereocenters. The Kier molecular flexibility index (Phi) is 10.1. The van der Waals surface area contributed by atoms with Crippen molar-refractivity contribution < 1.29 is 9.66 Å². The minimum Gasteiger partial charge on any atom is -0.381 e. The smallest absolute Gasteiger partial charge is 0.269 e. The molecule has 1 aromatic rings. The Hall–Kier alpha value is -1.46. The second-order valence-electron chi connectivity index (χ2n) is 7.50. The van der Waals surface area contributed by atoms with E-state index < -0.39 is 0 Å². The number of benzene rings is 1. The number of likely N-dealkylation sites (tertiary alicyclic amines) is 1. The molecule has 2 atom stereocenters. The summed E-state index contributed by atoms with van der Waals surface area (Å²) in [7, 11) is 0. The molecule has 0 radical (unpaired) electrons. The molecule has 2 aliphatic heterocycles. The van der Waals surface area contributed by atoms with Crippen molar-refractivity contribution >= 4 is 35.6 Å². The molecule has 0 bridgehead atoms. The van der Waals surface area contributed by atoms with Crippen molar-refractivity contribution in [2.75, 3.05) is 39.4 Å². The summed E-state index contributed by atoms with van der Waals surface area (Å²) in [6, 6.07) is 7.13. The molecular weight excluding hydrogens is 485 g/mol. The number of likely N-dealkylation sites (N-methyl/N-ethyl adjacent to an activating group) is 1. The number of nitrogens with one attached hydrogen (secondary N) is 2. The number of non-ortho nitro benzene ring substituents is 1. The first-order chi connectivity index (χ1) is 13.7. The maximum Gasteiger partial charge on any atom is 0.269 e. The Morgan fingerprint density at radius 1 is 1.28 bits per heavy atom. The molecule has 0 spiro atoms. The van der Waals surface area contributed by atoms with Crippen molar-refractivity contribution in [2.45, 2.75) is 38.8 Å². The van der Waals surface area contributed by atoms with Gasteiger partial charge in [0, 0.05) is 43.8 Å². The number of ether oxygens (including phenoxy) is 1. The zero-order valence-corrected chi connectivity index (χ0v) is 19.3. The molecule has 1 aromatic carbocycles. The fourth-order valence-electron chi connectivity index (χ4n) is 3.81. The van der Waals surface area contributed by atoms with Crippen molar-refractivity contribution in [1.82, 2.24) is 15.5 Å². The van der Waals surface area contributed by atoms with Crippen LogP contribution in [0.2, 0.25) is 0 Å². The Labute approximate surface area is 189 Å². The summed E-state index contributed by atoms with van der Waals surface area (Å²) < 4.78 is 5.46. The van der Waals surface area contributed by atoms with E-state index in [9.17, 15) is 10.1 Å². The van der Waals surface area contributed by atoms with Gasteiger partial charge in [0.2, 0.25) is 0 Å². The van der Waals surface area contributed by atoms with E-state index in [1.165, 1.54) is 31.5 Å². The summed E-state index contributed by atoms with van der Waals surface area (Å²) in [6.07, 6.45) is 3.55. The second-order valence-corrected chi connectivity index (χ2v) is 7.50. The number of hydrogen-bond acceptors (Lipinski definition) is 5. The zero-order valence-electron chi connectivity index (χ0n) is 17.0. The normalized spacial score (nSPS) is 22.3. The standard InChI is InChI=1S/C20H31N5O3.HI/c1-2-24-10-3-4-19(24)14-23-20(22-13-17-9-11-28-15-17)21-12-16-5-7-18(8-6-16)25(26)27;/h5-8,17,19H,2-4,9-15H2,1H3,(H2,21,22,23);1H.